The minimum absolute atomic E-state index is 0.0476. The number of aliphatic imine (C=N–C) groups is 1. The van der Waals surface area contributed by atoms with Crippen LogP contribution in [0, 0.1) is 38.5 Å². The van der Waals surface area contributed by atoms with Gasteiger partial charge in [0.2, 0.25) is 11.8 Å². The normalized spacial score (nSPS) is 13.4. The molecule has 0 spiro atoms. The summed E-state index contributed by atoms with van der Waals surface area (Å²) in [6, 6.07) is 7.68. The van der Waals surface area contributed by atoms with Crippen molar-refractivity contribution in [3.8, 4) is 11.4 Å². The van der Waals surface area contributed by atoms with E-state index in [0.29, 0.717) is 46.7 Å². The fourth-order valence-corrected chi connectivity index (χ4v) is 7.52. The molecule has 0 aromatic carbocycles. The van der Waals surface area contributed by atoms with Gasteiger partial charge in [-0.05, 0) is 122 Å². The summed E-state index contributed by atoms with van der Waals surface area (Å²) in [5.74, 6) is 5.46. The number of nitrogens with one attached hydrogen (secondary N) is 5. The second-order valence-corrected chi connectivity index (χ2v) is 19.8. The summed E-state index contributed by atoms with van der Waals surface area (Å²) in [6.07, 6.45) is 14.6. The minimum Gasteiger partial charge on any atom is -0.510 e. The van der Waals surface area contributed by atoms with Crippen LogP contribution in [0.1, 0.15) is 177 Å². The van der Waals surface area contributed by atoms with Gasteiger partial charge in [0.25, 0.3) is 11.8 Å². The van der Waals surface area contributed by atoms with Gasteiger partial charge in [-0.15, -0.1) is 0 Å². The van der Waals surface area contributed by atoms with Crippen LogP contribution in [0.4, 0.5) is 23.3 Å². The van der Waals surface area contributed by atoms with E-state index in [4.69, 9.17) is 11.5 Å². The van der Waals surface area contributed by atoms with Gasteiger partial charge in [-0.2, -0.15) is 4.99 Å². The molecule has 2 fully saturated rings. The summed E-state index contributed by atoms with van der Waals surface area (Å²) in [5.41, 5.74) is 19.6. The van der Waals surface area contributed by atoms with Gasteiger partial charge in [0.1, 0.15) is 46.5 Å². The number of aromatic amines is 1. The van der Waals surface area contributed by atoms with Gasteiger partial charge >= 0.3 is 0 Å². The van der Waals surface area contributed by atoms with Crippen LogP contribution < -0.4 is 32.7 Å². The number of allylic oxidation sites excluding steroid dienone is 2. The van der Waals surface area contributed by atoms with E-state index < -0.39 is 0 Å². The number of pyridine rings is 3. The maximum atomic E-state index is 11.6. The fourth-order valence-electron chi connectivity index (χ4n) is 7.52. The van der Waals surface area contributed by atoms with Crippen LogP contribution in [0.2, 0.25) is 0 Å². The van der Waals surface area contributed by atoms with Crippen LogP contribution >= 0.6 is 0 Å². The third-order valence-electron chi connectivity index (χ3n) is 11.9. The van der Waals surface area contributed by atoms with Crippen molar-refractivity contribution in [3.05, 3.63) is 118 Å². The number of H-pyrrole nitrogens is 1. The topological polar surface area (TPSA) is 294 Å². The van der Waals surface area contributed by atoms with Crippen LogP contribution in [0.15, 0.2) is 83.3 Å². The summed E-state index contributed by atoms with van der Waals surface area (Å²) in [4.78, 5) is 78.5. The quantitative estimate of drug-likeness (QED) is 0.0209. The number of carbonyl (C=O) groups excluding carboxylic acids is 4. The number of carbonyl (C=O) groups is 4. The van der Waals surface area contributed by atoms with Gasteiger partial charge in [0, 0.05) is 80.5 Å². The van der Waals surface area contributed by atoms with E-state index in [1.165, 1.54) is 29.8 Å². The van der Waals surface area contributed by atoms with E-state index in [9.17, 15) is 24.3 Å². The number of amides is 4. The number of nitrogens with two attached hydrogens (primary N) is 2. The predicted molar refractivity (Wildman–Crippen MR) is 309 cm³/mol. The third kappa shape index (κ3) is 20.7. The second-order valence-electron chi connectivity index (χ2n) is 19.8. The first-order chi connectivity index (χ1) is 36.4. The van der Waals surface area contributed by atoms with Crippen molar-refractivity contribution < 1.29 is 24.3 Å². The average molecular weight is 1060 g/mol. The first kappa shape index (κ1) is 63.5. The standard InChI is InChI=1S/C17H20N6.C14H23N3O2.C13H18N2O.C12H17N3O2.C2H6/c1-10(2)13-8-15(20-9-14(13)17-18-5-6-19-17)23-16-7-11(3)21-12(4)22-16;1-4-11(18)13(16)10(8(2)3)7-12(15)17-14(19)9-5-6-9;1-8(2)11-6-12(14-7-9(11)3)15-13(16)10-4-5-10;1-7(2)9-5-11(15-8(3)16)14-6-10(9)12(17)13-4;1-2/h5-10H,1-4H3,(H,18,19)(H,20,21,22,23);7-9,18H,4-6,16H2,1-3H3,(H2,15,17,19);6-8,10H,4-5H2,1-3H3,(H,14,15,16);5-7H,1-4H3,(H,13,17)(H,14,15,16);1-2H3/b;10-7-,13-11+;;;. The number of aromatic nitrogens is 7. The van der Waals surface area contributed by atoms with Crippen molar-refractivity contribution in [2.24, 2.45) is 34.2 Å². The molecule has 0 unspecified atom stereocenters. The summed E-state index contributed by atoms with van der Waals surface area (Å²) in [6.45, 7) is 29.6. The van der Waals surface area contributed by atoms with Crippen molar-refractivity contribution >= 4 is 52.7 Å². The fraction of sp³-hybridized carbons (Fsp3) is 0.466. The maximum Gasteiger partial charge on any atom is 0.252 e. The number of aryl methyl sites for hydroxylation is 3. The summed E-state index contributed by atoms with van der Waals surface area (Å²) >= 11 is 0. The Hall–Kier alpha value is -7.83. The summed E-state index contributed by atoms with van der Waals surface area (Å²) < 4.78 is 0. The van der Waals surface area contributed by atoms with Crippen LogP contribution in [0.3, 0.4) is 0 Å². The molecule has 2 saturated carbocycles. The Morgan fingerprint density at radius 1 is 0.753 bits per heavy atom. The zero-order chi connectivity index (χ0) is 57.7. The number of aliphatic hydroxyl groups excluding tert-OH is 1. The van der Waals surface area contributed by atoms with Crippen LogP contribution in [-0.4, -0.2) is 76.5 Å². The molecule has 5 heterocycles. The molecule has 0 atom stereocenters. The van der Waals surface area contributed by atoms with E-state index in [1.54, 1.807) is 25.4 Å². The molecule has 2 aliphatic carbocycles. The van der Waals surface area contributed by atoms with Crippen molar-refractivity contribution in [1.29, 1.82) is 0 Å². The number of amidine groups is 1. The third-order valence-corrected chi connectivity index (χ3v) is 11.9. The number of hydrogen-bond acceptors (Lipinski definition) is 13. The molecule has 0 radical (unpaired) electrons. The van der Waals surface area contributed by atoms with Gasteiger partial charge in [-0.3, -0.25) is 19.2 Å². The largest absolute Gasteiger partial charge is 0.510 e. The molecule has 10 N–H and O–H groups in total. The number of rotatable bonds is 15. The van der Waals surface area contributed by atoms with Crippen molar-refractivity contribution in [2.45, 2.75) is 154 Å². The molecule has 19 nitrogen and oxygen atoms in total. The van der Waals surface area contributed by atoms with Crippen molar-refractivity contribution in [3.63, 3.8) is 0 Å². The number of imidazole rings is 1. The van der Waals surface area contributed by atoms with Crippen molar-refractivity contribution in [1.82, 2.24) is 40.2 Å². The van der Waals surface area contributed by atoms with E-state index in [-0.39, 0.29) is 58.9 Å². The molecule has 19 heteroatoms. The lowest BCUT2D eigenvalue weighted by atomic mass is 9.98. The van der Waals surface area contributed by atoms with Gasteiger partial charge < -0.3 is 42.8 Å². The molecule has 77 heavy (non-hydrogen) atoms. The van der Waals surface area contributed by atoms with Gasteiger partial charge in [-0.25, -0.2) is 29.9 Å². The number of nitrogens with zero attached hydrogens (tertiary/aromatic N) is 7. The molecular formula is C58H84N14O5. The SMILES string of the molecule is CC.CC/C(O)=C(N)/C(=C\C(N)=NC(=O)C1CC1)C(C)C.CNC(=O)c1cnc(NC(C)=O)cc1C(C)C.Cc1cc(Nc2cc(C(C)C)c(-c3ncc[nH]3)cn2)nc(C)n1.Cc1cnc(NC(=O)C2CC2)cc1C(C)C. The molecule has 7 rings (SSSR count). The van der Waals surface area contributed by atoms with Crippen molar-refractivity contribution in [2.75, 3.05) is 23.0 Å². The highest BCUT2D eigenvalue weighted by molar-refractivity contribution is 6.02. The Kier molecular flexibility index (Phi) is 25.3. The number of aliphatic hydroxyl groups is 1. The smallest absolute Gasteiger partial charge is 0.252 e. The van der Waals surface area contributed by atoms with Gasteiger partial charge in [0.05, 0.1) is 11.3 Å². The van der Waals surface area contributed by atoms with Gasteiger partial charge in [-0.1, -0.05) is 76.2 Å². The predicted octanol–water partition coefficient (Wildman–Crippen LogP) is 11.2. The zero-order valence-corrected chi connectivity index (χ0v) is 48.1. The first-order valence-corrected chi connectivity index (χ1v) is 26.6. The molecule has 2 aliphatic rings. The average Bonchev–Trinajstić information content (AvgIpc) is 4.34. The first-order valence-electron chi connectivity index (χ1n) is 26.6. The second kappa shape index (κ2) is 30.7. The van der Waals surface area contributed by atoms with Crippen LogP contribution in [0.5, 0.6) is 0 Å². The summed E-state index contributed by atoms with van der Waals surface area (Å²) in [7, 11) is 1.58. The van der Waals surface area contributed by atoms with E-state index in [2.05, 4.69) is 102 Å². The molecule has 5 aromatic rings. The highest BCUT2D eigenvalue weighted by Gasteiger charge is 2.30. The maximum absolute atomic E-state index is 11.6. The Morgan fingerprint density at radius 3 is 1.84 bits per heavy atom. The molecule has 416 valence electrons. The van der Waals surface area contributed by atoms with E-state index in [1.807, 2.05) is 93.0 Å². The highest BCUT2D eigenvalue weighted by Crippen LogP contribution is 2.32. The lowest BCUT2D eigenvalue weighted by Crippen LogP contribution is -2.21. The molecule has 0 bridgehead atoms. The Morgan fingerprint density at radius 2 is 1.32 bits per heavy atom. The number of anilines is 4. The molecule has 5 aromatic heterocycles. The monoisotopic (exact) mass is 1060 g/mol. The van der Waals surface area contributed by atoms with E-state index >= 15 is 0 Å². The zero-order valence-electron chi connectivity index (χ0n) is 48.1. The Labute approximate surface area is 455 Å². The minimum atomic E-state index is -0.181. The summed E-state index contributed by atoms with van der Waals surface area (Å²) in [5, 5.41) is 21.0. The number of hydrogen-bond donors (Lipinski definition) is 8. The lowest BCUT2D eigenvalue weighted by molar-refractivity contribution is -0.119. The molecule has 4 amide bonds. The Balaban J connectivity index is 0.000000270. The lowest BCUT2D eigenvalue weighted by Gasteiger charge is -2.13. The highest BCUT2D eigenvalue weighted by atomic mass is 16.3. The van der Waals surface area contributed by atoms with Crippen LogP contribution in [-0.2, 0) is 14.4 Å². The molecule has 0 saturated heterocycles. The molecular weight excluding hydrogens is 973 g/mol. The molecule has 0 aliphatic heterocycles. The van der Waals surface area contributed by atoms with Gasteiger partial charge in [0.15, 0.2) is 0 Å². The van der Waals surface area contributed by atoms with E-state index in [0.717, 1.165) is 65.8 Å². The Bertz CT molecular complexity index is 2840. The van der Waals surface area contributed by atoms with Crippen LogP contribution in [0.25, 0.3) is 11.4 Å².